The molecule has 130 valence electrons. The monoisotopic (exact) mass is 348 g/mol. The lowest BCUT2D eigenvalue weighted by Gasteiger charge is -2.22. The highest BCUT2D eigenvalue weighted by atomic mass is 16.5. The van der Waals surface area contributed by atoms with E-state index in [1.54, 1.807) is 6.92 Å². The molecule has 4 rings (SSSR count). The molecule has 7 heteroatoms. The number of esters is 1. The number of amides is 1. The van der Waals surface area contributed by atoms with Gasteiger partial charge in [0.05, 0.1) is 40.7 Å². The zero-order valence-corrected chi connectivity index (χ0v) is 13.3. The zero-order valence-electron chi connectivity index (χ0n) is 20.3. The molecule has 0 radical (unpaired) electrons. The Bertz CT molecular complexity index is 1110. The third kappa shape index (κ3) is 2.30. The molecule has 0 unspecified atom stereocenters. The fourth-order valence-electron chi connectivity index (χ4n) is 3.12. The van der Waals surface area contributed by atoms with Gasteiger partial charge >= 0.3 is 5.97 Å². The van der Waals surface area contributed by atoms with E-state index in [0.29, 0.717) is 0 Å². The standard InChI is InChI=1S/C18H19N3O4/c1-3-25-18(23)15-16-14-5-4-8-20(14)17(22)12-9-11(24-2)6-7-13(12)21(16)10-19-15/h6-7,9-10,14H,3-5,8H2,1-2H3/t14-/m0/s1/i2D3,4D2,8D2. The molecule has 7 nitrogen and oxygen atoms in total. The highest BCUT2D eigenvalue weighted by Gasteiger charge is 2.40. The first-order valence-corrected chi connectivity index (χ1v) is 7.70. The molecule has 3 heterocycles. The SMILES string of the molecule is [2H]C([2H])([2H])Oc1ccc2c(c1)C(=O)N1[C@@H](CC([2H])([2H])C1([2H])[2H])c1c(C(=O)OCC)ncn1-2. The van der Waals surface area contributed by atoms with Crippen molar-refractivity contribution in [2.45, 2.75) is 25.8 Å². The van der Waals surface area contributed by atoms with Crippen molar-refractivity contribution in [2.24, 2.45) is 0 Å². The second-order valence-electron chi connectivity index (χ2n) is 5.53. The van der Waals surface area contributed by atoms with Gasteiger partial charge < -0.3 is 14.4 Å². The van der Waals surface area contributed by atoms with Gasteiger partial charge in [-0.1, -0.05) is 0 Å². The largest absolute Gasteiger partial charge is 0.497 e. The van der Waals surface area contributed by atoms with E-state index in [1.807, 2.05) is 0 Å². The maximum Gasteiger partial charge on any atom is 0.358 e. The van der Waals surface area contributed by atoms with Crippen LogP contribution in [0.2, 0.25) is 0 Å². The minimum Gasteiger partial charge on any atom is -0.497 e. The number of hydrogen-bond acceptors (Lipinski definition) is 5. The van der Waals surface area contributed by atoms with E-state index < -0.39 is 44.2 Å². The van der Waals surface area contributed by atoms with Gasteiger partial charge in [-0.3, -0.25) is 9.36 Å². The van der Waals surface area contributed by atoms with Crippen LogP contribution in [0.15, 0.2) is 24.5 Å². The lowest BCUT2D eigenvalue weighted by molar-refractivity contribution is 0.0513. The van der Waals surface area contributed by atoms with Crippen LogP contribution in [-0.2, 0) is 4.74 Å². The molecule has 0 bridgehead atoms. The highest BCUT2D eigenvalue weighted by Crippen LogP contribution is 2.40. The van der Waals surface area contributed by atoms with E-state index in [1.165, 1.54) is 23.0 Å². The predicted octanol–water partition coefficient (Wildman–Crippen LogP) is 2.35. The van der Waals surface area contributed by atoms with Gasteiger partial charge in [0, 0.05) is 12.0 Å². The molecular weight excluding hydrogens is 322 g/mol. The van der Waals surface area contributed by atoms with Crippen molar-refractivity contribution in [1.29, 1.82) is 0 Å². The van der Waals surface area contributed by atoms with Crippen LogP contribution in [-0.4, -0.2) is 46.5 Å². The van der Waals surface area contributed by atoms with Crippen LogP contribution in [0.3, 0.4) is 0 Å². The molecule has 0 spiro atoms. The summed E-state index contributed by atoms with van der Waals surface area (Å²) in [4.78, 5) is 30.9. The maximum absolute atomic E-state index is 13.5. The number of carbonyl (C=O) groups excluding carboxylic acids is 2. The van der Waals surface area contributed by atoms with Gasteiger partial charge in [-0.25, -0.2) is 9.78 Å². The molecule has 0 saturated carbocycles. The van der Waals surface area contributed by atoms with Crippen molar-refractivity contribution < 1.29 is 28.7 Å². The van der Waals surface area contributed by atoms with Crippen LogP contribution in [0.25, 0.3) is 5.69 Å². The third-order valence-corrected chi connectivity index (χ3v) is 4.19. The van der Waals surface area contributed by atoms with E-state index in [2.05, 4.69) is 4.98 Å². The second kappa shape index (κ2) is 5.91. The minimum absolute atomic E-state index is 0.0620. The van der Waals surface area contributed by atoms with E-state index in [4.69, 9.17) is 19.1 Å². The number of hydrogen-bond donors (Lipinski definition) is 0. The highest BCUT2D eigenvalue weighted by molar-refractivity contribution is 6.00. The summed E-state index contributed by atoms with van der Waals surface area (Å²) < 4.78 is 66.3. The summed E-state index contributed by atoms with van der Waals surface area (Å²) in [6, 6.07) is 2.73. The number of aromatic nitrogens is 2. The molecule has 0 N–H and O–H groups in total. The Hall–Kier alpha value is -2.83. The van der Waals surface area contributed by atoms with Crippen LogP contribution in [0.1, 0.15) is 61.9 Å². The summed E-state index contributed by atoms with van der Waals surface area (Å²) in [7, 11) is -2.78. The molecule has 1 fully saturated rings. The van der Waals surface area contributed by atoms with Crippen LogP contribution >= 0.6 is 0 Å². The molecule has 0 aliphatic carbocycles. The Morgan fingerprint density at radius 2 is 2.40 bits per heavy atom. The number of ether oxygens (including phenoxy) is 2. The zero-order chi connectivity index (χ0) is 23.6. The van der Waals surface area contributed by atoms with Crippen molar-refractivity contribution >= 4 is 11.9 Å². The van der Waals surface area contributed by atoms with Gasteiger partial charge in [-0.2, -0.15) is 0 Å². The molecule has 2 aliphatic rings. The Morgan fingerprint density at radius 1 is 1.52 bits per heavy atom. The van der Waals surface area contributed by atoms with Crippen molar-refractivity contribution in [3.8, 4) is 11.4 Å². The van der Waals surface area contributed by atoms with Crippen LogP contribution in [0, 0.1) is 0 Å². The van der Waals surface area contributed by atoms with Crippen LogP contribution in [0.4, 0.5) is 0 Å². The topological polar surface area (TPSA) is 73.7 Å². The summed E-state index contributed by atoms with van der Waals surface area (Å²) in [6.07, 6.45) is -1.58. The average molecular weight is 348 g/mol. The lowest BCUT2D eigenvalue weighted by atomic mass is 10.1. The predicted molar refractivity (Wildman–Crippen MR) is 89.1 cm³/mol. The normalized spacial score (nSPS) is 26.9. The fraction of sp³-hybridized carbons (Fsp3) is 0.389. The molecule has 2 aromatic rings. The summed E-state index contributed by atoms with van der Waals surface area (Å²) in [5, 5.41) is 0. The quantitative estimate of drug-likeness (QED) is 0.796. The molecule has 25 heavy (non-hydrogen) atoms. The van der Waals surface area contributed by atoms with Crippen LogP contribution < -0.4 is 4.74 Å². The van der Waals surface area contributed by atoms with Crippen molar-refractivity contribution in [1.82, 2.24) is 14.5 Å². The number of methoxy groups -OCH3 is 1. The first kappa shape index (κ1) is 9.60. The molecule has 1 atom stereocenters. The molecule has 2 aliphatic heterocycles. The summed E-state index contributed by atoms with van der Waals surface area (Å²) in [5.74, 6) is -1.80. The number of carbonyl (C=O) groups is 2. The number of benzene rings is 1. The number of imidazole rings is 1. The first-order chi connectivity index (χ1) is 14.8. The Balaban J connectivity index is 1.97. The third-order valence-electron chi connectivity index (χ3n) is 4.19. The minimum atomic E-state index is -2.78. The molecule has 1 aromatic heterocycles. The van der Waals surface area contributed by atoms with E-state index in [9.17, 15) is 9.59 Å². The van der Waals surface area contributed by atoms with Crippen molar-refractivity contribution in [3.63, 3.8) is 0 Å². The van der Waals surface area contributed by atoms with Crippen molar-refractivity contribution in [2.75, 3.05) is 20.1 Å². The van der Waals surface area contributed by atoms with E-state index in [0.717, 1.165) is 11.0 Å². The number of nitrogens with zero attached hydrogens (tertiary/aromatic N) is 3. The van der Waals surface area contributed by atoms with Gasteiger partial charge in [0.25, 0.3) is 5.91 Å². The molecule has 1 saturated heterocycles. The lowest BCUT2D eigenvalue weighted by Crippen LogP contribution is -2.30. The Kier molecular flexibility index (Phi) is 2.27. The second-order valence-corrected chi connectivity index (χ2v) is 5.53. The van der Waals surface area contributed by atoms with Crippen molar-refractivity contribution in [3.05, 3.63) is 41.5 Å². The molecular formula is C18H19N3O4. The van der Waals surface area contributed by atoms with E-state index in [-0.39, 0.29) is 35.0 Å². The van der Waals surface area contributed by atoms with Crippen LogP contribution in [0.5, 0.6) is 5.75 Å². The van der Waals surface area contributed by atoms with Gasteiger partial charge in [0.15, 0.2) is 5.69 Å². The van der Waals surface area contributed by atoms with Gasteiger partial charge in [-0.15, -0.1) is 0 Å². The molecule has 1 aromatic carbocycles. The number of rotatable bonds is 3. The molecule has 1 amide bonds. The van der Waals surface area contributed by atoms with Gasteiger partial charge in [0.1, 0.15) is 12.1 Å². The summed E-state index contributed by atoms with van der Waals surface area (Å²) in [5.41, 5.74) is 0.0608. The number of fused-ring (bicyclic) bond motifs is 5. The Morgan fingerprint density at radius 3 is 3.20 bits per heavy atom. The van der Waals surface area contributed by atoms with Gasteiger partial charge in [0.2, 0.25) is 0 Å². The summed E-state index contributed by atoms with van der Waals surface area (Å²) in [6.45, 7) is -1.05. The fourth-order valence-corrected chi connectivity index (χ4v) is 3.12. The summed E-state index contributed by atoms with van der Waals surface area (Å²) >= 11 is 0. The van der Waals surface area contributed by atoms with Gasteiger partial charge in [-0.05, 0) is 37.9 Å². The maximum atomic E-state index is 13.5. The Labute approximate surface area is 155 Å². The smallest absolute Gasteiger partial charge is 0.358 e. The van der Waals surface area contributed by atoms with E-state index >= 15 is 0 Å². The first-order valence-electron chi connectivity index (χ1n) is 11.2. The average Bonchev–Trinajstić information content (AvgIpc) is 3.14.